The molecule has 0 radical (unpaired) electrons. The van der Waals surface area contributed by atoms with Gasteiger partial charge in [0.05, 0.1) is 6.20 Å². The van der Waals surface area contributed by atoms with Crippen LogP contribution in [0.5, 0.6) is 0 Å². The van der Waals surface area contributed by atoms with Crippen molar-refractivity contribution >= 4 is 39.9 Å². The quantitative estimate of drug-likeness (QED) is 0.804. The van der Waals surface area contributed by atoms with Crippen LogP contribution in [0.3, 0.4) is 0 Å². The number of aromatic nitrogens is 2. The van der Waals surface area contributed by atoms with Gasteiger partial charge in [-0.1, -0.05) is 0 Å². The monoisotopic (exact) mass is 370 g/mol. The van der Waals surface area contributed by atoms with Crippen LogP contribution in [-0.2, 0) is 0 Å². The lowest BCUT2D eigenvalue weighted by atomic mass is 10.3. The highest BCUT2D eigenvalue weighted by molar-refractivity contribution is 9.10. The van der Waals surface area contributed by atoms with Gasteiger partial charge in [0.25, 0.3) is 0 Å². The van der Waals surface area contributed by atoms with Crippen LogP contribution in [0.15, 0.2) is 15.8 Å². The maximum Gasteiger partial charge on any atom is 0.407 e. The fraction of sp³-hybridized carbons (Fsp3) is 0.538. The van der Waals surface area contributed by atoms with Gasteiger partial charge >= 0.3 is 6.09 Å². The first-order valence-electron chi connectivity index (χ1n) is 6.90. The molecular formula is C13H19BrN6O2. The minimum absolute atomic E-state index is 0.452. The molecule has 8 nitrogen and oxygen atoms in total. The second-order valence-electron chi connectivity index (χ2n) is 5.17. The van der Waals surface area contributed by atoms with Crippen molar-refractivity contribution in [1.82, 2.24) is 19.8 Å². The molecule has 1 aliphatic rings. The second kappa shape index (κ2) is 7.50. The standard InChI is InChI=1S/C13H19BrN6O2/c1-18(2)4-3-15-11-12(16-9-10(14)17-11)19-5-7-20(8-6-19)13(21)22/h3,9H,4-8H2,1-2H3,(H,21,22). The lowest BCUT2D eigenvalue weighted by Gasteiger charge is -2.34. The molecule has 1 amide bonds. The molecule has 0 unspecified atom stereocenters. The first-order chi connectivity index (χ1) is 10.5. The average Bonchev–Trinajstić information content (AvgIpc) is 2.47. The molecule has 0 spiro atoms. The molecule has 1 fully saturated rings. The first-order valence-corrected chi connectivity index (χ1v) is 7.69. The Morgan fingerprint density at radius 1 is 1.45 bits per heavy atom. The van der Waals surface area contributed by atoms with Crippen molar-refractivity contribution in [2.24, 2.45) is 4.99 Å². The number of anilines is 1. The van der Waals surface area contributed by atoms with E-state index in [-0.39, 0.29) is 0 Å². The number of carbonyl (C=O) groups is 1. The van der Waals surface area contributed by atoms with Gasteiger partial charge in [-0.25, -0.2) is 19.8 Å². The lowest BCUT2D eigenvalue weighted by Crippen LogP contribution is -2.48. The fourth-order valence-corrected chi connectivity index (χ4v) is 2.33. The van der Waals surface area contributed by atoms with Crippen LogP contribution in [0.4, 0.5) is 16.4 Å². The normalized spacial score (nSPS) is 15.8. The molecule has 22 heavy (non-hydrogen) atoms. The smallest absolute Gasteiger partial charge is 0.407 e. The van der Waals surface area contributed by atoms with E-state index in [2.05, 4.69) is 30.9 Å². The van der Waals surface area contributed by atoms with Crippen LogP contribution < -0.4 is 4.90 Å². The van der Waals surface area contributed by atoms with Crippen molar-refractivity contribution in [2.75, 3.05) is 51.7 Å². The Morgan fingerprint density at radius 2 is 2.14 bits per heavy atom. The molecule has 0 aromatic carbocycles. The second-order valence-corrected chi connectivity index (χ2v) is 5.98. The predicted molar refractivity (Wildman–Crippen MR) is 88.2 cm³/mol. The Hall–Kier alpha value is -1.74. The molecular weight excluding hydrogens is 352 g/mol. The van der Waals surface area contributed by atoms with Crippen LogP contribution >= 0.6 is 15.9 Å². The molecule has 120 valence electrons. The lowest BCUT2D eigenvalue weighted by molar-refractivity contribution is 0.142. The number of halogens is 1. The largest absolute Gasteiger partial charge is 0.465 e. The molecule has 1 saturated heterocycles. The number of carboxylic acid groups (broad SMARTS) is 1. The van der Waals surface area contributed by atoms with Crippen molar-refractivity contribution in [3.05, 3.63) is 10.8 Å². The van der Waals surface area contributed by atoms with Crippen molar-refractivity contribution in [1.29, 1.82) is 0 Å². The van der Waals surface area contributed by atoms with Gasteiger partial charge in [0, 0.05) is 38.9 Å². The molecule has 1 aliphatic heterocycles. The highest BCUT2D eigenvalue weighted by Gasteiger charge is 2.23. The van der Waals surface area contributed by atoms with Crippen LogP contribution in [0.2, 0.25) is 0 Å². The molecule has 1 aromatic heterocycles. The third kappa shape index (κ3) is 4.38. The van der Waals surface area contributed by atoms with Crippen molar-refractivity contribution in [3.8, 4) is 0 Å². The summed E-state index contributed by atoms with van der Waals surface area (Å²) in [4.78, 5) is 29.5. The van der Waals surface area contributed by atoms with E-state index in [1.807, 2.05) is 23.9 Å². The van der Waals surface area contributed by atoms with Crippen LogP contribution in [0.1, 0.15) is 0 Å². The number of nitrogens with zero attached hydrogens (tertiary/aromatic N) is 6. The van der Waals surface area contributed by atoms with Gasteiger partial charge in [-0.3, -0.25) is 0 Å². The van der Waals surface area contributed by atoms with E-state index >= 15 is 0 Å². The third-order valence-electron chi connectivity index (χ3n) is 3.22. The summed E-state index contributed by atoms with van der Waals surface area (Å²) < 4.78 is 0.623. The van der Waals surface area contributed by atoms with E-state index in [4.69, 9.17) is 5.11 Å². The molecule has 2 heterocycles. The number of hydrogen-bond acceptors (Lipinski definition) is 6. The summed E-state index contributed by atoms with van der Waals surface area (Å²) >= 11 is 3.31. The number of hydrogen-bond donors (Lipinski definition) is 1. The molecule has 0 atom stereocenters. The molecule has 1 N–H and O–H groups in total. The van der Waals surface area contributed by atoms with E-state index in [1.165, 1.54) is 4.90 Å². The summed E-state index contributed by atoms with van der Waals surface area (Å²) in [5.74, 6) is 1.23. The molecule has 9 heteroatoms. The van der Waals surface area contributed by atoms with E-state index in [0.29, 0.717) is 49.0 Å². The fourth-order valence-electron chi connectivity index (χ4n) is 2.06. The van der Waals surface area contributed by atoms with E-state index < -0.39 is 6.09 Å². The van der Waals surface area contributed by atoms with Gasteiger partial charge < -0.3 is 19.8 Å². The topological polar surface area (TPSA) is 85.2 Å². The van der Waals surface area contributed by atoms with E-state index in [0.717, 1.165) is 0 Å². The SMILES string of the molecule is CN(C)CC=Nc1nc(Br)cnc1N1CCN(C(=O)O)CC1. The van der Waals surface area contributed by atoms with Crippen molar-refractivity contribution in [2.45, 2.75) is 0 Å². The molecule has 0 saturated carbocycles. The zero-order valence-electron chi connectivity index (χ0n) is 12.6. The van der Waals surface area contributed by atoms with Gasteiger partial charge in [-0.15, -0.1) is 0 Å². The van der Waals surface area contributed by atoms with Gasteiger partial charge in [-0.2, -0.15) is 0 Å². The number of amides is 1. The summed E-state index contributed by atoms with van der Waals surface area (Å²) in [6.07, 6.45) is 2.53. The highest BCUT2D eigenvalue weighted by atomic mass is 79.9. The molecule has 0 bridgehead atoms. The summed E-state index contributed by atoms with van der Waals surface area (Å²) in [6.45, 7) is 2.78. The summed E-state index contributed by atoms with van der Waals surface area (Å²) in [5, 5.41) is 9.00. The van der Waals surface area contributed by atoms with Crippen molar-refractivity contribution in [3.63, 3.8) is 0 Å². The number of aliphatic imine (C=N–C) groups is 1. The highest BCUT2D eigenvalue weighted by Crippen LogP contribution is 2.26. The molecule has 2 rings (SSSR count). The average molecular weight is 371 g/mol. The number of piperazine rings is 1. The Bertz CT molecular complexity index is 557. The summed E-state index contributed by atoms with van der Waals surface area (Å²) in [6, 6.07) is 0. The maximum atomic E-state index is 11.0. The van der Waals surface area contributed by atoms with Gasteiger partial charge in [-0.05, 0) is 30.0 Å². The minimum Gasteiger partial charge on any atom is -0.465 e. The zero-order valence-corrected chi connectivity index (χ0v) is 14.2. The maximum absolute atomic E-state index is 11.0. The molecule has 1 aromatic rings. The van der Waals surface area contributed by atoms with E-state index in [1.54, 1.807) is 12.4 Å². The van der Waals surface area contributed by atoms with Crippen LogP contribution in [0.25, 0.3) is 0 Å². The van der Waals surface area contributed by atoms with Gasteiger partial charge in [0.1, 0.15) is 4.60 Å². The Morgan fingerprint density at radius 3 is 2.73 bits per heavy atom. The molecule has 0 aliphatic carbocycles. The Labute approximate surface area is 137 Å². The Balaban J connectivity index is 2.13. The van der Waals surface area contributed by atoms with E-state index in [9.17, 15) is 4.79 Å². The minimum atomic E-state index is -0.884. The predicted octanol–water partition coefficient (Wildman–Crippen LogP) is 1.30. The Kier molecular flexibility index (Phi) is 5.67. The number of rotatable bonds is 4. The first kappa shape index (κ1) is 16.6. The third-order valence-corrected chi connectivity index (χ3v) is 3.60. The van der Waals surface area contributed by atoms with Gasteiger partial charge in [0.15, 0.2) is 11.6 Å². The summed E-state index contributed by atoms with van der Waals surface area (Å²) in [5.41, 5.74) is 0. The van der Waals surface area contributed by atoms with Crippen LogP contribution in [0, 0.1) is 0 Å². The van der Waals surface area contributed by atoms with Crippen LogP contribution in [-0.4, -0.2) is 84.0 Å². The van der Waals surface area contributed by atoms with Gasteiger partial charge in [0.2, 0.25) is 0 Å². The van der Waals surface area contributed by atoms with Crippen molar-refractivity contribution < 1.29 is 9.90 Å². The zero-order chi connectivity index (χ0) is 16.1. The summed E-state index contributed by atoms with van der Waals surface area (Å²) in [7, 11) is 3.93.